The van der Waals surface area contributed by atoms with Crippen LogP contribution in [0.4, 0.5) is 5.69 Å². The third-order valence-electron chi connectivity index (χ3n) is 15.6. The van der Waals surface area contributed by atoms with Gasteiger partial charge in [-0.3, -0.25) is 19.4 Å². The number of nitrogens with one attached hydrogen (secondary N) is 2. The van der Waals surface area contributed by atoms with Crippen LogP contribution in [-0.4, -0.2) is 57.4 Å². The zero-order valence-electron chi connectivity index (χ0n) is 33.5. The molecule has 1 saturated heterocycles. The number of aliphatic hydroxyl groups is 1. The summed E-state index contributed by atoms with van der Waals surface area (Å²) in [6, 6.07) is 18.0. The Morgan fingerprint density at radius 2 is 1.71 bits per heavy atom. The van der Waals surface area contributed by atoms with Crippen molar-refractivity contribution in [3.63, 3.8) is 0 Å². The first-order valence-electron chi connectivity index (χ1n) is 21.5. The van der Waals surface area contributed by atoms with Gasteiger partial charge in [0.25, 0.3) is 5.91 Å². The Morgan fingerprint density at radius 1 is 0.929 bits per heavy atom. The van der Waals surface area contributed by atoms with Gasteiger partial charge < -0.3 is 20.6 Å². The number of rotatable bonds is 8. The number of anilines is 1. The number of benzene rings is 2. The van der Waals surface area contributed by atoms with Crippen molar-refractivity contribution in [3.8, 4) is 11.8 Å². The van der Waals surface area contributed by atoms with Crippen LogP contribution in [0.5, 0.6) is 0 Å². The highest BCUT2D eigenvalue weighted by molar-refractivity contribution is 6.02. The summed E-state index contributed by atoms with van der Waals surface area (Å²) in [5.74, 6) is 8.96. The second-order valence-electron chi connectivity index (χ2n) is 18.5. The van der Waals surface area contributed by atoms with Crippen molar-refractivity contribution in [1.82, 2.24) is 15.2 Å². The molecule has 1 aromatic heterocycles. The van der Waals surface area contributed by atoms with E-state index in [1.165, 1.54) is 62.7 Å². The Morgan fingerprint density at radius 3 is 2.55 bits per heavy atom. The van der Waals surface area contributed by atoms with Crippen molar-refractivity contribution in [2.45, 2.75) is 122 Å². The largest absolute Gasteiger partial charge is 0.383 e. The number of carbonyl (C=O) groups excluding carboxylic acids is 3. The molecule has 0 bridgehead atoms. The standard InChI is InChI=1S/C48H60N4O4/c1-31(38-20-21-39-37-19-18-34-14-9-10-25-47(34,2)40(37)24-26-48(38,39)3)16-23-44(54)52-30-36(51-46(56)43(53)22-17-32-11-5-4-6-12-32)28-42(52)45(55)50-35-27-33-13-7-8-15-41(33)49-29-35/h4-8,11-13,15,27,29,31,34,36-40,42-43,53H,9-10,14,17-22,24-26,28,30H2,1-3H3,(H,50,55)(H,51,56)/t31-,34?,36-,37+,38-,39+,40+,42+,43-,47+,48-/m1/s1. The number of hydrogen-bond acceptors (Lipinski definition) is 5. The van der Waals surface area contributed by atoms with Crippen LogP contribution in [0.25, 0.3) is 10.9 Å². The molecule has 2 heterocycles. The van der Waals surface area contributed by atoms with Gasteiger partial charge in [0.1, 0.15) is 12.1 Å². The van der Waals surface area contributed by atoms with Gasteiger partial charge in [-0.05, 0) is 135 Å². The van der Waals surface area contributed by atoms with Gasteiger partial charge in [-0.2, -0.15) is 0 Å². The zero-order chi connectivity index (χ0) is 39.0. The first-order valence-corrected chi connectivity index (χ1v) is 21.5. The van der Waals surface area contributed by atoms with Crippen molar-refractivity contribution >= 4 is 34.3 Å². The summed E-state index contributed by atoms with van der Waals surface area (Å²) in [4.78, 5) is 47.1. The van der Waals surface area contributed by atoms with E-state index in [9.17, 15) is 19.5 Å². The highest BCUT2D eigenvalue weighted by Crippen LogP contribution is 2.68. The molecule has 56 heavy (non-hydrogen) atoms. The van der Waals surface area contributed by atoms with E-state index in [1.54, 1.807) is 6.20 Å². The molecular formula is C48H60N4O4. The average molecular weight is 757 g/mol. The molecule has 4 saturated carbocycles. The van der Waals surface area contributed by atoms with Crippen LogP contribution < -0.4 is 10.6 Å². The Hall–Kier alpha value is -4.22. The van der Waals surface area contributed by atoms with Gasteiger partial charge in [-0.15, -0.1) is 0 Å². The molecule has 8 rings (SSSR count). The SMILES string of the molecule is C[C@H](C#CC(=O)N1C[C@H](NC(=O)[C@H](O)CCc2ccccc2)C[C@H]1C(=O)Nc1cnc2ccccc2c1)[C@H]1CC[C@H]2[C@@H]3CCC4CCCC[C@]4(C)[C@H]3CC[C@]12C. The van der Waals surface area contributed by atoms with Crippen LogP contribution in [0.2, 0.25) is 0 Å². The fraction of sp³-hybridized carbons (Fsp3) is 0.583. The molecule has 3 aromatic rings. The van der Waals surface area contributed by atoms with Gasteiger partial charge in [0.2, 0.25) is 11.8 Å². The van der Waals surface area contributed by atoms with Gasteiger partial charge >= 0.3 is 0 Å². The van der Waals surface area contributed by atoms with Crippen molar-refractivity contribution in [1.29, 1.82) is 0 Å². The highest BCUT2D eigenvalue weighted by atomic mass is 16.3. The predicted octanol–water partition coefficient (Wildman–Crippen LogP) is 7.94. The number of aliphatic hydroxyl groups excluding tert-OH is 1. The number of amides is 3. The van der Waals surface area contributed by atoms with Crippen molar-refractivity contribution in [2.24, 2.45) is 46.3 Å². The van der Waals surface area contributed by atoms with E-state index in [4.69, 9.17) is 0 Å². The van der Waals surface area contributed by atoms with E-state index < -0.39 is 30.0 Å². The lowest BCUT2D eigenvalue weighted by Crippen LogP contribution is -2.53. The van der Waals surface area contributed by atoms with Crippen LogP contribution in [-0.2, 0) is 20.8 Å². The van der Waals surface area contributed by atoms with E-state index in [2.05, 4.69) is 48.2 Å². The number of hydrogen-bond donors (Lipinski definition) is 3. The maximum atomic E-state index is 14.0. The molecule has 11 atom stereocenters. The van der Waals surface area contributed by atoms with E-state index in [1.807, 2.05) is 60.7 Å². The Labute approximate surface area is 333 Å². The smallest absolute Gasteiger partial charge is 0.299 e. The molecule has 0 spiro atoms. The van der Waals surface area contributed by atoms with Crippen LogP contribution in [0.1, 0.15) is 103 Å². The maximum Gasteiger partial charge on any atom is 0.299 e. The van der Waals surface area contributed by atoms with E-state index in [0.29, 0.717) is 23.4 Å². The normalized spacial score (nSPS) is 33.2. The van der Waals surface area contributed by atoms with Crippen LogP contribution >= 0.6 is 0 Å². The fourth-order valence-electron chi connectivity index (χ4n) is 12.7. The molecule has 3 N–H and O–H groups in total. The number of likely N-dealkylation sites (tertiary alicyclic amines) is 1. The fourth-order valence-corrected chi connectivity index (χ4v) is 12.7. The summed E-state index contributed by atoms with van der Waals surface area (Å²) in [5, 5.41) is 17.6. The molecule has 0 radical (unpaired) electrons. The Bertz CT molecular complexity index is 1990. The monoisotopic (exact) mass is 756 g/mol. The van der Waals surface area contributed by atoms with Gasteiger partial charge in [0.05, 0.1) is 17.4 Å². The molecule has 2 aromatic carbocycles. The topological polar surface area (TPSA) is 112 Å². The maximum absolute atomic E-state index is 14.0. The second kappa shape index (κ2) is 16.0. The number of aryl methyl sites for hydroxylation is 1. The van der Waals surface area contributed by atoms with Crippen molar-refractivity contribution in [2.75, 3.05) is 11.9 Å². The molecule has 4 aliphatic carbocycles. The first-order chi connectivity index (χ1) is 27.0. The zero-order valence-corrected chi connectivity index (χ0v) is 33.5. The average Bonchev–Trinajstić information content (AvgIpc) is 3.80. The van der Waals surface area contributed by atoms with E-state index in [-0.39, 0.29) is 36.6 Å². The number of para-hydroxylation sites is 1. The molecule has 5 aliphatic rings. The number of fused-ring (bicyclic) bond motifs is 6. The van der Waals surface area contributed by atoms with Gasteiger partial charge in [0, 0.05) is 23.9 Å². The number of nitrogens with zero attached hydrogens (tertiary/aromatic N) is 2. The minimum Gasteiger partial charge on any atom is -0.383 e. The molecule has 3 amide bonds. The third-order valence-corrected chi connectivity index (χ3v) is 15.6. The van der Waals surface area contributed by atoms with Gasteiger partial charge in [0.15, 0.2) is 0 Å². The minimum absolute atomic E-state index is 0.0564. The quantitative estimate of drug-likeness (QED) is 0.202. The van der Waals surface area contributed by atoms with Crippen molar-refractivity contribution < 1.29 is 19.5 Å². The molecule has 8 nitrogen and oxygen atoms in total. The van der Waals surface area contributed by atoms with E-state index in [0.717, 1.165) is 46.6 Å². The number of carbonyl (C=O) groups is 3. The summed E-state index contributed by atoms with van der Waals surface area (Å²) in [7, 11) is 0. The summed E-state index contributed by atoms with van der Waals surface area (Å²) in [5.41, 5.74) is 3.15. The lowest BCUT2D eigenvalue weighted by molar-refractivity contribution is -0.132. The number of aromatic nitrogens is 1. The van der Waals surface area contributed by atoms with Crippen LogP contribution in [0.3, 0.4) is 0 Å². The van der Waals surface area contributed by atoms with Crippen LogP contribution in [0, 0.1) is 58.2 Å². The molecule has 1 unspecified atom stereocenters. The minimum atomic E-state index is -1.20. The summed E-state index contributed by atoms with van der Waals surface area (Å²) < 4.78 is 0. The molecular weight excluding hydrogens is 697 g/mol. The highest BCUT2D eigenvalue weighted by Gasteiger charge is 2.60. The second-order valence-corrected chi connectivity index (χ2v) is 18.5. The number of pyridine rings is 1. The van der Waals surface area contributed by atoms with Gasteiger partial charge in [-0.25, -0.2) is 0 Å². The summed E-state index contributed by atoms with van der Waals surface area (Å²) in [6.45, 7) is 7.51. The van der Waals surface area contributed by atoms with Gasteiger partial charge in [-0.1, -0.05) is 88.1 Å². The van der Waals surface area contributed by atoms with Crippen LogP contribution in [0.15, 0.2) is 66.9 Å². The van der Waals surface area contributed by atoms with Crippen molar-refractivity contribution in [3.05, 3.63) is 72.4 Å². The lowest BCUT2D eigenvalue weighted by atomic mass is 9.44. The molecule has 5 fully saturated rings. The Kier molecular flexibility index (Phi) is 11.0. The summed E-state index contributed by atoms with van der Waals surface area (Å²) >= 11 is 0. The molecule has 8 heteroatoms. The third kappa shape index (κ3) is 7.49. The first kappa shape index (κ1) is 38.6. The lowest BCUT2D eigenvalue weighted by Gasteiger charge is -2.60. The van der Waals surface area contributed by atoms with E-state index >= 15 is 0 Å². The summed E-state index contributed by atoms with van der Waals surface area (Å²) in [6.07, 6.45) is 14.9. The predicted molar refractivity (Wildman–Crippen MR) is 220 cm³/mol. The Balaban J connectivity index is 0.956. The molecule has 1 aliphatic heterocycles. The molecule has 296 valence electrons.